The molecule has 0 atom stereocenters. The van der Waals surface area contributed by atoms with Crippen LogP contribution in [-0.4, -0.2) is 27.9 Å². The highest BCUT2D eigenvalue weighted by Gasteiger charge is 2.51. The number of rotatable bonds is 2. The molecule has 2 aromatic heterocycles. The third kappa shape index (κ3) is 2.77. The first-order valence-corrected chi connectivity index (χ1v) is 10.8. The molecule has 0 bridgehead atoms. The van der Waals surface area contributed by atoms with E-state index in [0.29, 0.717) is 0 Å². The lowest BCUT2D eigenvalue weighted by Crippen LogP contribution is -2.41. The van der Waals surface area contributed by atoms with Crippen LogP contribution in [0.5, 0.6) is 0 Å². The topological polar surface area (TPSA) is 39.2 Å². The van der Waals surface area contributed by atoms with E-state index in [-0.39, 0.29) is 18.3 Å². The Balaban J connectivity index is 1.51. The molecule has 154 valence electrons. The van der Waals surface area contributed by atoms with Gasteiger partial charge in [-0.3, -0.25) is 0 Å². The molecule has 0 aliphatic carbocycles. The lowest BCUT2D eigenvalue weighted by atomic mass is 9.78. The molecule has 6 rings (SSSR count). The smallest absolute Gasteiger partial charge is 0.399 e. The Kier molecular flexibility index (Phi) is 3.78. The molecular formula is C26H25BN2O2. The Morgan fingerprint density at radius 1 is 0.774 bits per heavy atom. The Labute approximate surface area is 181 Å². The van der Waals surface area contributed by atoms with Crippen molar-refractivity contribution in [2.45, 2.75) is 38.9 Å². The van der Waals surface area contributed by atoms with Gasteiger partial charge >= 0.3 is 7.12 Å². The minimum absolute atomic E-state index is 0.352. The van der Waals surface area contributed by atoms with Crippen LogP contribution in [0.4, 0.5) is 0 Å². The van der Waals surface area contributed by atoms with Gasteiger partial charge in [0.05, 0.1) is 16.7 Å². The molecule has 3 aromatic carbocycles. The van der Waals surface area contributed by atoms with Crippen LogP contribution in [-0.2, 0) is 9.31 Å². The van der Waals surface area contributed by atoms with Crippen molar-refractivity contribution in [3.8, 4) is 5.69 Å². The van der Waals surface area contributed by atoms with E-state index in [9.17, 15) is 0 Å². The molecule has 0 saturated carbocycles. The predicted octanol–water partition coefficient (Wildman–Crippen LogP) is 5.56. The number of nitrogens with zero attached hydrogens (tertiary/aromatic N) is 1. The second-order valence-electron chi connectivity index (χ2n) is 9.50. The van der Waals surface area contributed by atoms with E-state index in [4.69, 9.17) is 9.31 Å². The highest BCUT2D eigenvalue weighted by atomic mass is 16.7. The fourth-order valence-corrected chi connectivity index (χ4v) is 4.49. The minimum Gasteiger partial charge on any atom is -0.399 e. The van der Waals surface area contributed by atoms with Gasteiger partial charge in [-0.15, -0.1) is 0 Å². The standard InChI is InChI=1S/C26H25BN2O2/c1-25(2)26(3,4)31-27(30-25)18-10-11-22-20(15-18)21-16-24-17(14-23(21)28-22)12-13-29(24)19-8-6-5-7-9-19/h5-16,28H,1-4H3. The summed E-state index contributed by atoms with van der Waals surface area (Å²) >= 11 is 0. The van der Waals surface area contributed by atoms with Crippen LogP contribution in [0.25, 0.3) is 38.4 Å². The summed E-state index contributed by atoms with van der Waals surface area (Å²) in [6.07, 6.45) is 2.14. The Morgan fingerprint density at radius 3 is 2.23 bits per heavy atom. The maximum atomic E-state index is 6.29. The van der Waals surface area contributed by atoms with Crippen molar-refractivity contribution >= 4 is 45.3 Å². The summed E-state index contributed by atoms with van der Waals surface area (Å²) in [6, 6.07) is 23.6. The van der Waals surface area contributed by atoms with Gasteiger partial charge < -0.3 is 18.9 Å². The molecule has 0 unspecified atom stereocenters. The number of benzene rings is 3. The van der Waals surface area contributed by atoms with E-state index in [1.165, 1.54) is 21.7 Å². The molecule has 4 nitrogen and oxygen atoms in total. The zero-order chi connectivity index (χ0) is 21.4. The van der Waals surface area contributed by atoms with Gasteiger partial charge in [0.2, 0.25) is 0 Å². The predicted molar refractivity (Wildman–Crippen MR) is 128 cm³/mol. The van der Waals surface area contributed by atoms with Crippen molar-refractivity contribution in [3.05, 3.63) is 72.9 Å². The third-order valence-electron chi connectivity index (χ3n) is 6.99. The number of para-hydroxylation sites is 1. The van der Waals surface area contributed by atoms with Crippen molar-refractivity contribution in [2.75, 3.05) is 0 Å². The molecule has 3 heterocycles. The van der Waals surface area contributed by atoms with Crippen LogP contribution in [0.1, 0.15) is 27.7 Å². The van der Waals surface area contributed by atoms with Gasteiger partial charge in [-0.2, -0.15) is 0 Å². The first-order valence-electron chi connectivity index (χ1n) is 10.8. The molecule has 5 heteroatoms. The average molecular weight is 408 g/mol. The lowest BCUT2D eigenvalue weighted by Gasteiger charge is -2.32. The number of nitrogens with one attached hydrogen (secondary N) is 1. The van der Waals surface area contributed by atoms with E-state index in [1.54, 1.807) is 0 Å². The van der Waals surface area contributed by atoms with E-state index in [1.807, 2.05) is 6.07 Å². The number of hydrogen-bond donors (Lipinski definition) is 1. The largest absolute Gasteiger partial charge is 0.494 e. The average Bonchev–Trinajstić information content (AvgIpc) is 3.37. The van der Waals surface area contributed by atoms with Crippen molar-refractivity contribution in [2.24, 2.45) is 0 Å². The molecular weight excluding hydrogens is 383 g/mol. The first-order chi connectivity index (χ1) is 14.8. The summed E-state index contributed by atoms with van der Waals surface area (Å²) in [4.78, 5) is 3.58. The van der Waals surface area contributed by atoms with Crippen molar-refractivity contribution in [1.29, 1.82) is 0 Å². The van der Waals surface area contributed by atoms with Crippen LogP contribution in [0.15, 0.2) is 72.9 Å². The molecule has 0 amide bonds. The lowest BCUT2D eigenvalue weighted by molar-refractivity contribution is 0.00578. The molecule has 0 spiro atoms. The highest BCUT2D eigenvalue weighted by Crippen LogP contribution is 2.37. The zero-order valence-electron chi connectivity index (χ0n) is 18.3. The summed E-state index contributed by atoms with van der Waals surface area (Å²) in [5, 5.41) is 3.61. The van der Waals surface area contributed by atoms with E-state index >= 15 is 0 Å². The normalized spacial score (nSPS) is 17.9. The van der Waals surface area contributed by atoms with Gasteiger partial charge in [-0.25, -0.2) is 0 Å². The van der Waals surface area contributed by atoms with Crippen LogP contribution in [0.2, 0.25) is 0 Å². The van der Waals surface area contributed by atoms with Gasteiger partial charge in [0.1, 0.15) is 0 Å². The molecule has 1 fully saturated rings. The summed E-state index contributed by atoms with van der Waals surface area (Å²) in [5.41, 5.74) is 4.96. The van der Waals surface area contributed by atoms with Crippen molar-refractivity contribution in [1.82, 2.24) is 9.55 Å². The van der Waals surface area contributed by atoms with Crippen molar-refractivity contribution in [3.63, 3.8) is 0 Å². The van der Waals surface area contributed by atoms with Gasteiger partial charge in [0, 0.05) is 39.1 Å². The maximum absolute atomic E-state index is 6.29. The van der Waals surface area contributed by atoms with Gasteiger partial charge in [-0.1, -0.05) is 30.3 Å². The Bertz CT molecular complexity index is 1430. The molecule has 1 aliphatic heterocycles. The quantitative estimate of drug-likeness (QED) is 0.388. The fourth-order valence-electron chi connectivity index (χ4n) is 4.49. The summed E-state index contributed by atoms with van der Waals surface area (Å²) in [7, 11) is -0.365. The summed E-state index contributed by atoms with van der Waals surface area (Å²) < 4.78 is 14.8. The Morgan fingerprint density at radius 2 is 1.48 bits per heavy atom. The van der Waals surface area contributed by atoms with Gasteiger partial charge in [-0.05, 0) is 69.6 Å². The van der Waals surface area contributed by atoms with E-state index in [2.05, 4.69) is 104 Å². The maximum Gasteiger partial charge on any atom is 0.494 e. The monoisotopic (exact) mass is 408 g/mol. The number of hydrogen-bond acceptors (Lipinski definition) is 2. The molecule has 1 N–H and O–H groups in total. The third-order valence-corrected chi connectivity index (χ3v) is 6.99. The van der Waals surface area contributed by atoms with Crippen LogP contribution in [0, 0.1) is 0 Å². The van der Waals surface area contributed by atoms with Crippen LogP contribution >= 0.6 is 0 Å². The highest BCUT2D eigenvalue weighted by molar-refractivity contribution is 6.62. The second kappa shape index (κ2) is 6.25. The zero-order valence-corrected chi connectivity index (χ0v) is 18.3. The van der Waals surface area contributed by atoms with Crippen molar-refractivity contribution < 1.29 is 9.31 Å². The number of aromatic amines is 1. The first kappa shape index (κ1) is 18.7. The summed E-state index contributed by atoms with van der Waals surface area (Å²) in [6.45, 7) is 8.36. The SMILES string of the molecule is CC1(C)OB(c2ccc3[nH]c4cc5ccn(-c6ccccc6)c5cc4c3c2)OC1(C)C. The van der Waals surface area contributed by atoms with Gasteiger partial charge in [0.25, 0.3) is 0 Å². The molecule has 1 saturated heterocycles. The van der Waals surface area contributed by atoms with E-state index < -0.39 is 0 Å². The minimum atomic E-state index is -0.365. The van der Waals surface area contributed by atoms with Crippen LogP contribution in [0.3, 0.4) is 0 Å². The molecule has 5 aromatic rings. The number of fused-ring (bicyclic) bond motifs is 4. The number of aromatic nitrogens is 2. The summed E-state index contributed by atoms with van der Waals surface area (Å²) in [5.74, 6) is 0. The molecule has 0 radical (unpaired) electrons. The fraction of sp³-hybridized carbons (Fsp3) is 0.231. The molecule has 31 heavy (non-hydrogen) atoms. The van der Waals surface area contributed by atoms with Gasteiger partial charge in [0.15, 0.2) is 0 Å². The van der Waals surface area contributed by atoms with Crippen LogP contribution < -0.4 is 5.46 Å². The second-order valence-corrected chi connectivity index (χ2v) is 9.50. The molecule has 1 aliphatic rings. The van der Waals surface area contributed by atoms with E-state index in [0.717, 1.165) is 22.2 Å². The number of H-pyrrole nitrogens is 1. The Hall–Kier alpha value is -3.02.